The van der Waals surface area contributed by atoms with Gasteiger partial charge in [-0.3, -0.25) is 0 Å². The maximum Gasteiger partial charge on any atom is 0.392 e. The average Bonchev–Trinajstić information content (AvgIpc) is 1.95. The Labute approximate surface area is 90.7 Å². The molecule has 0 unspecified atom stereocenters. The summed E-state index contributed by atoms with van der Waals surface area (Å²) in [6.07, 6.45) is -1.45. The van der Waals surface area contributed by atoms with Crippen molar-refractivity contribution in [1.82, 2.24) is 0 Å². The Hall–Kier alpha value is 0.260. The van der Waals surface area contributed by atoms with Crippen LogP contribution in [0.25, 0.3) is 0 Å². The van der Waals surface area contributed by atoms with E-state index in [1.807, 2.05) is 19.9 Å². The zero-order chi connectivity index (χ0) is 10.5. The van der Waals surface area contributed by atoms with E-state index in [0.29, 0.717) is 6.42 Å². The average molecular weight is 306 g/mol. The first kappa shape index (κ1) is 13.3. The van der Waals surface area contributed by atoms with E-state index in [1.165, 1.54) is 0 Å². The largest absolute Gasteiger partial charge is 0.392 e. The Bertz CT molecular complexity index is 168. The summed E-state index contributed by atoms with van der Waals surface area (Å²) in [4.78, 5) is 0. The van der Waals surface area contributed by atoms with E-state index in [4.69, 9.17) is 0 Å². The van der Waals surface area contributed by atoms with Crippen LogP contribution in [-0.4, -0.2) is 10.6 Å². The second kappa shape index (κ2) is 5.88. The highest BCUT2D eigenvalue weighted by atomic mass is 127. The maximum absolute atomic E-state index is 12.2. The van der Waals surface area contributed by atoms with E-state index in [2.05, 4.69) is 0 Å². The zero-order valence-corrected chi connectivity index (χ0v) is 9.95. The van der Waals surface area contributed by atoms with Gasteiger partial charge in [-0.2, -0.15) is 13.2 Å². The predicted molar refractivity (Wildman–Crippen MR) is 57.1 cm³/mol. The number of halogens is 4. The lowest BCUT2D eigenvalue weighted by Gasteiger charge is -2.16. The van der Waals surface area contributed by atoms with Crippen LogP contribution in [-0.2, 0) is 0 Å². The van der Waals surface area contributed by atoms with Gasteiger partial charge in [0.1, 0.15) is 0 Å². The molecule has 0 nitrogen and oxygen atoms in total. The molecular formula is C9H14F3I. The van der Waals surface area contributed by atoms with Crippen LogP contribution in [0.1, 0.15) is 26.7 Å². The first-order valence-corrected chi connectivity index (χ1v) is 5.66. The molecule has 1 atom stereocenters. The van der Waals surface area contributed by atoms with Crippen LogP contribution in [0.5, 0.6) is 0 Å². The molecule has 0 aromatic carbocycles. The fourth-order valence-electron chi connectivity index (χ4n) is 0.901. The SMILES string of the molecule is CC(C)=CCC[C@@H](CI)C(F)(F)F. The molecule has 0 fully saturated rings. The summed E-state index contributed by atoms with van der Waals surface area (Å²) in [6.45, 7) is 3.79. The minimum absolute atomic E-state index is 0.151. The molecule has 0 aliphatic heterocycles. The first-order chi connectivity index (χ1) is 5.88. The van der Waals surface area contributed by atoms with Gasteiger partial charge in [0.15, 0.2) is 0 Å². The van der Waals surface area contributed by atoms with Crippen LogP contribution in [0.15, 0.2) is 11.6 Å². The molecule has 0 aliphatic carbocycles. The minimum atomic E-state index is -4.03. The van der Waals surface area contributed by atoms with Gasteiger partial charge in [0.25, 0.3) is 0 Å². The van der Waals surface area contributed by atoms with Crippen LogP contribution in [0.4, 0.5) is 13.2 Å². The summed E-state index contributed by atoms with van der Waals surface area (Å²) >= 11 is 1.79. The van der Waals surface area contributed by atoms with Crippen molar-refractivity contribution >= 4 is 22.6 Å². The third-order valence-corrected chi connectivity index (χ3v) is 2.78. The summed E-state index contributed by atoms with van der Waals surface area (Å²) in [6, 6.07) is 0. The Kier molecular flexibility index (Phi) is 6.00. The molecule has 78 valence electrons. The second-order valence-corrected chi connectivity index (χ2v) is 4.13. The molecule has 0 saturated carbocycles. The summed E-state index contributed by atoms with van der Waals surface area (Å²) in [5.41, 5.74) is 1.08. The lowest BCUT2D eigenvalue weighted by molar-refractivity contribution is -0.168. The van der Waals surface area contributed by atoms with Crippen molar-refractivity contribution in [1.29, 1.82) is 0 Å². The molecule has 0 rings (SSSR count). The molecule has 0 bridgehead atoms. The fourth-order valence-corrected chi connectivity index (χ4v) is 1.84. The van der Waals surface area contributed by atoms with Gasteiger partial charge in [-0.1, -0.05) is 34.2 Å². The predicted octanol–water partition coefficient (Wildman–Crippen LogP) is 4.35. The van der Waals surface area contributed by atoms with Gasteiger partial charge in [-0.25, -0.2) is 0 Å². The molecule has 4 heteroatoms. The molecule has 0 amide bonds. The van der Waals surface area contributed by atoms with Crippen LogP contribution in [0.2, 0.25) is 0 Å². The molecule has 0 spiro atoms. The maximum atomic E-state index is 12.2. The Balaban J connectivity index is 3.94. The summed E-state index contributed by atoms with van der Waals surface area (Å²) in [7, 11) is 0. The summed E-state index contributed by atoms with van der Waals surface area (Å²) < 4.78 is 36.8. The van der Waals surface area contributed by atoms with Gasteiger partial charge in [0, 0.05) is 4.43 Å². The zero-order valence-electron chi connectivity index (χ0n) is 7.79. The van der Waals surface area contributed by atoms with Crippen LogP contribution in [0.3, 0.4) is 0 Å². The van der Waals surface area contributed by atoms with E-state index in [9.17, 15) is 13.2 Å². The number of hydrogen-bond donors (Lipinski definition) is 0. The van der Waals surface area contributed by atoms with E-state index in [0.717, 1.165) is 5.57 Å². The fraction of sp³-hybridized carbons (Fsp3) is 0.778. The van der Waals surface area contributed by atoms with E-state index in [1.54, 1.807) is 22.6 Å². The van der Waals surface area contributed by atoms with E-state index >= 15 is 0 Å². The van der Waals surface area contributed by atoms with Crippen LogP contribution >= 0.6 is 22.6 Å². The number of alkyl halides is 4. The van der Waals surface area contributed by atoms with Crippen LogP contribution in [0, 0.1) is 5.92 Å². The van der Waals surface area contributed by atoms with Gasteiger partial charge < -0.3 is 0 Å². The second-order valence-electron chi connectivity index (χ2n) is 3.25. The topological polar surface area (TPSA) is 0 Å². The van der Waals surface area contributed by atoms with Crippen molar-refractivity contribution in [3.05, 3.63) is 11.6 Å². The molecule has 0 heterocycles. The van der Waals surface area contributed by atoms with Crippen molar-refractivity contribution in [3.8, 4) is 0 Å². The molecule has 0 N–H and O–H groups in total. The van der Waals surface area contributed by atoms with Crippen molar-refractivity contribution < 1.29 is 13.2 Å². The molecule has 13 heavy (non-hydrogen) atoms. The summed E-state index contributed by atoms with van der Waals surface area (Å²) in [5.74, 6) is -1.15. The molecule has 0 radical (unpaired) electrons. The first-order valence-electron chi connectivity index (χ1n) is 4.14. The molecular weight excluding hydrogens is 292 g/mol. The number of rotatable bonds is 4. The lowest BCUT2D eigenvalue weighted by atomic mass is 10.0. The third-order valence-electron chi connectivity index (χ3n) is 1.72. The van der Waals surface area contributed by atoms with E-state index < -0.39 is 12.1 Å². The van der Waals surface area contributed by atoms with Crippen molar-refractivity contribution in [3.63, 3.8) is 0 Å². The third kappa shape index (κ3) is 6.35. The molecule has 0 aromatic heterocycles. The molecule has 0 aromatic rings. The standard InChI is InChI=1S/C9H14F3I/c1-7(2)4-3-5-8(6-13)9(10,11)12/h4,8H,3,5-6H2,1-2H3/t8-/m0/s1. The van der Waals surface area contributed by atoms with Crippen molar-refractivity contribution in [2.45, 2.75) is 32.9 Å². The van der Waals surface area contributed by atoms with Gasteiger partial charge >= 0.3 is 6.18 Å². The lowest BCUT2D eigenvalue weighted by Crippen LogP contribution is -2.23. The highest BCUT2D eigenvalue weighted by Crippen LogP contribution is 2.31. The Morgan fingerprint density at radius 2 is 1.92 bits per heavy atom. The summed E-state index contributed by atoms with van der Waals surface area (Å²) in [5, 5.41) is 0. The Morgan fingerprint density at radius 1 is 1.38 bits per heavy atom. The quantitative estimate of drug-likeness (QED) is 0.411. The van der Waals surface area contributed by atoms with Crippen molar-refractivity contribution in [2.75, 3.05) is 4.43 Å². The molecule has 0 aliphatic rings. The minimum Gasteiger partial charge on any atom is -0.171 e. The number of hydrogen-bond acceptors (Lipinski definition) is 0. The van der Waals surface area contributed by atoms with Gasteiger partial charge in [-0.15, -0.1) is 0 Å². The smallest absolute Gasteiger partial charge is 0.171 e. The van der Waals surface area contributed by atoms with E-state index in [-0.39, 0.29) is 10.8 Å². The van der Waals surface area contributed by atoms with Gasteiger partial charge in [0.2, 0.25) is 0 Å². The van der Waals surface area contributed by atoms with Crippen LogP contribution < -0.4 is 0 Å². The number of allylic oxidation sites excluding steroid dienone is 2. The Morgan fingerprint density at radius 3 is 2.23 bits per heavy atom. The van der Waals surface area contributed by atoms with Gasteiger partial charge in [-0.05, 0) is 26.7 Å². The highest BCUT2D eigenvalue weighted by Gasteiger charge is 2.37. The monoisotopic (exact) mass is 306 g/mol. The van der Waals surface area contributed by atoms with Gasteiger partial charge in [0.05, 0.1) is 5.92 Å². The normalized spacial score (nSPS) is 14.0. The molecule has 0 saturated heterocycles. The highest BCUT2D eigenvalue weighted by molar-refractivity contribution is 14.1. The van der Waals surface area contributed by atoms with Crippen molar-refractivity contribution in [2.24, 2.45) is 5.92 Å².